The maximum absolute atomic E-state index is 13.2. The fourth-order valence-corrected chi connectivity index (χ4v) is 3.58. The Morgan fingerprint density at radius 2 is 1.75 bits per heavy atom. The predicted molar refractivity (Wildman–Crippen MR) is 122 cm³/mol. The van der Waals surface area contributed by atoms with Crippen LogP contribution in [0.2, 0.25) is 0 Å². The Labute approximate surface area is 203 Å². The Hall–Kier alpha value is -4.08. The van der Waals surface area contributed by atoms with Crippen LogP contribution in [0.5, 0.6) is 0 Å². The molecule has 1 aliphatic rings. The molecule has 1 amide bonds. The monoisotopic (exact) mass is 502 g/mol. The Bertz CT molecular complexity index is 1310. The number of benzene rings is 2. The number of carbonyl (C=O) groups is 2. The van der Waals surface area contributed by atoms with Gasteiger partial charge in [0.1, 0.15) is 12.1 Å². The van der Waals surface area contributed by atoms with E-state index < -0.39 is 35.3 Å². The van der Waals surface area contributed by atoms with Crippen molar-refractivity contribution in [3.8, 4) is 11.1 Å². The summed E-state index contributed by atoms with van der Waals surface area (Å²) in [6, 6.07) is 13.1. The molecule has 0 saturated carbocycles. The van der Waals surface area contributed by atoms with Crippen molar-refractivity contribution in [1.29, 1.82) is 0 Å². The zero-order chi connectivity index (χ0) is 26.1. The third kappa shape index (κ3) is 5.42. The van der Waals surface area contributed by atoms with Gasteiger partial charge in [-0.25, -0.2) is 4.39 Å². The number of hydrogen-bond acceptors (Lipinski definition) is 5. The number of hydrogen-bond donors (Lipinski definition) is 2. The normalized spacial score (nSPS) is 15.6. The average molecular weight is 502 g/mol. The summed E-state index contributed by atoms with van der Waals surface area (Å²) in [4.78, 5) is 24.2. The van der Waals surface area contributed by atoms with Crippen LogP contribution in [-0.4, -0.2) is 24.4 Å². The topological polar surface area (TPSA) is 80.6 Å². The van der Waals surface area contributed by atoms with Crippen LogP contribution in [0.4, 0.5) is 17.6 Å². The van der Waals surface area contributed by atoms with Crippen molar-refractivity contribution >= 4 is 11.7 Å². The SMILES string of the molecule is CC(C)(CNC(=O)c1cccc(-c2coc(C(=O)C(F)(F)F)c2)c1)C1=COC(c2ccc(F)cc2)N1. The van der Waals surface area contributed by atoms with Crippen LogP contribution in [-0.2, 0) is 4.74 Å². The maximum atomic E-state index is 13.2. The van der Waals surface area contributed by atoms with Gasteiger partial charge < -0.3 is 19.8 Å². The van der Waals surface area contributed by atoms with E-state index in [2.05, 4.69) is 10.6 Å². The van der Waals surface area contributed by atoms with Crippen molar-refractivity contribution in [2.24, 2.45) is 5.41 Å². The summed E-state index contributed by atoms with van der Waals surface area (Å²) in [7, 11) is 0. The van der Waals surface area contributed by atoms with Gasteiger partial charge >= 0.3 is 12.0 Å². The van der Waals surface area contributed by atoms with Crippen molar-refractivity contribution < 1.29 is 36.3 Å². The van der Waals surface area contributed by atoms with E-state index in [4.69, 9.17) is 9.15 Å². The first-order valence-electron chi connectivity index (χ1n) is 10.9. The number of halogens is 4. The molecule has 0 aliphatic carbocycles. The van der Waals surface area contributed by atoms with Crippen molar-refractivity contribution in [2.75, 3.05) is 6.54 Å². The molecule has 2 aromatic carbocycles. The van der Waals surface area contributed by atoms with E-state index in [1.165, 1.54) is 18.2 Å². The second kappa shape index (κ2) is 9.52. The lowest BCUT2D eigenvalue weighted by Crippen LogP contribution is -2.38. The van der Waals surface area contributed by atoms with Gasteiger partial charge in [0.05, 0.1) is 12.0 Å². The standard InChI is InChI=1S/C26H22F4N2O4/c1-25(2,21-13-36-24(32-21)15-6-8-19(27)9-7-15)14-31-23(34)17-5-3-4-16(10-17)18-11-20(35-12-18)22(33)26(28,29)30/h3-13,24,32H,14H2,1-2H3,(H,31,34). The van der Waals surface area contributed by atoms with Crippen LogP contribution in [0.3, 0.4) is 0 Å². The third-order valence-corrected chi connectivity index (χ3v) is 5.74. The lowest BCUT2D eigenvalue weighted by Gasteiger charge is -2.27. The molecule has 0 spiro atoms. The highest BCUT2D eigenvalue weighted by Crippen LogP contribution is 2.32. The van der Waals surface area contributed by atoms with Crippen LogP contribution in [0.1, 0.15) is 46.6 Å². The van der Waals surface area contributed by atoms with Crippen LogP contribution < -0.4 is 10.6 Å². The number of nitrogens with one attached hydrogen (secondary N) is 2. The van der Waals surface area contributed by atoms with E-state index >= 15 is 0 Å². The molecule has 188 valence electrons. The van der Waals surface area contributed by atoms with E-state index in [0.717, 1.165) is 23.6 Å². The molecular formula is C26H22F4N2O4. The molecule has 1 atom stereocenters. The molecule has 6 nitrogen and oxygen atoms in total. The largest absolute Gasteiger partial charge is 0.472 e. The van der Waals surface area contributed by atoms with Gasteiger partial charge in [0.2, 0.25) is 0 Å². The van der Waals surface area contributed by atoms with E-state index in [0.29, 0.717) is 5.56 Å². The maximum Gasteiger partial charge on any atom is 0.458 e. The third-order valence-electron chi connectivity index (χ3n) is 5.74. The zero-order valence-electron chi connectivity index (χ0n) is 19.3. The second-order valence-electron chi connectivity index (χ2n) is 8.92. The number of rotatable bonds is 7. The van der Waals surface area contributed by atoms with Gasteiger partial charge in [-0.1, -0.05) is 38.1 Å². The highest BCUT2D eigenvalue weighted by atomic mass is 19.4. The van der Waals surface area contributed by atoms with E-state index in [1.54, 1.807) is 36.6 Å². The van der Waals surface area contributed by atoms with Gasteiger partial charge in [-0.05, 0) is 35.9 Å². The predicted octanol–water partition coefficient (Wildman–Crippen LogP) is 5.75. The quantitative estimate of drug-likeness (QED) is 0.318. The number of ether oxygens (including phenoxy) is 1. The molecule has 3 aromatic rings. The molecule has 1 aromatic heterocycles. The number of Topliss-reactive ketones (excluding diaryl/α,β-unsaturated/α-hetero) is 1. The minimum atomic E-state index is -5.04. The summed E-state index contributed by atoms with van der Waals surface area (Å²) in [6.07, 6.45) is -2.91. The van der Waals surface area contributed by atoms with Gasteiger partial charge in [0.25, 0.3) is 5.91 Å². The van der Waals surface area contributed by atoms with Crippen molar-refractivity contribution in [3.63, 3.8) is 0 Å². The van der Waals surface area contributed by atoms with Crippen LogP contribution in [0.15, 0.2) is 77.2 Å². The number of alkyl halides is 3. The van der Waals surface area contributed by atoms with E-state index in [-0.39, 0.29) is 23.5 Å². The first-order chi connectivity index (χ1) is 16.9. The molecule has 36 heavy (non-hydrogen) atoms. The Balaban J connectivity index is 1.39. The summed E-state index contributed by atoms with van der Waals surface area (Å²) < 4.78 is 61.5. The summed E-state index contributed by atoms with van der Waals surface area (Å²) in [5.74, 6) is -3.65. The van der Waals surface area contributed by atoms with Gasteiger partial charge in [-0.15, -0.1) is 0 Å². The molecular weight excluding hydrogens is 480 g/mol. The fourth-order valence-electron chi connectivity index (χ4n) is 3.58. The Morgan fingerprint density at radius 3 is 2.44 bits per heavy atom. The molecule has 2 N–H and O–H groups in total. The first-order valence-corrected chi connectivity index (χ1v) is 10.9. The fraction of sp³-hybridized carbons (Fsp3) is 0.231. The van der Waals surface area contributed by atoms with Gasteiger partial charge in [0, 0.05) is 28.7 Å². The molecule has 0 saturated heterocycles. The number of furan rings is 1. The first kappa shape index (κ1) is 25.0. The van der Waals surface area contributed by atoms with Crippen molar-refractivity contribution in [1.82, 2.24) is 10.6 Å². The second-order valence-corrected chi connectivity index (χ2v) is 8.92. The van der Waals surface area contributed by atoms with Gasteiger partial charge in [-0.3, -0.25) is 9.59 Å². The lowest BCUT2D eigenvalue weighted by molar-refractivity contribution is -0.0899. The molecule has 4 rings (SSSR count). The molecule has 0 radical (unpaired) electrons. The van der Waals surface area contributed by atoms with Crippen LogP contribution in [0, 0.1) is 11.2 Å². The summed E-state index contributed by atoms with van der Waals surface area (Å²) in [5, 5.41) is 6.08. The number of amides is 1. The number of ketones is 1. The molecule has 2 heterocycles. The van der Waals surface area contributed by atoms with Gasteiger partial charge in [-0.2, -0.15) is 13.2 Å². The Morgan fingerprint density at radius 1 is 1.03 bits per heavy atom. The van der Waals surface area contributed by atoms with E-state index in [9.17, 15) is 27.2 Å². The average Bonchev–Trinajstić information content (AvgIpc) is 3.53. The molecule has 0 bridgehead atoms. The van der Waals surface area contributed by atoms with Crippen LogP contribution >= 0.6 is 0 Å². The molecule has 0 fully saturated rings. The minimum absolute atomic E-state index is 0.238. The highest BCUT2D eigenvalue weighted by Gasteiger charge is 2.41. The molecule has 10 heteroatoms. The lowest BCUT2D eigenvalue weighted by atomic mass is 9.89. The van der Waals surface area contributed by atoms with Crippen molar-refractivity contribution in [2.45, 2.75) is 26.3 Å². The Kier molecular flexibility index (Phi) is 6.62. The van der Waals surface area contributed by atoms with Gasteiger partial charge in [0.15, 0.2) is 12.0 Å². The van der Waals surface area contributed by atoms with Crippen molar-refractivity contribution in [3.05, 3.63) is 95.5 Å². The molecule has 1 aliphatic heterocycles. The minimum Gasteiger partial charge on any atom is -0.472 e. The smallest absolute Gasteiger partial charge is 0.458 e. The summed E-state index contributed by atoms with van der Waals surface area (Å²) >= 11 is 0. The summed E-state index contributed by atoms with van der Waals surface area (Å²) in [6.45, 7) is 4.05. The number of carbonyl (C=O) groups excluding carboxylic acids is 2. The zero-order valence-corrected chi connectivity index (χ0v) is 19.3. The van der Waals surface area contributed by atoms with Crippen LogP contribution in [0.25, 0.3) is 11.1 Å². The highest BCUT2D eigenvalue weighted by molar-refractivity contribution is 5.99. The summed E-state index contributed by atoms with van der Waals surface area (Å²) in [5.41, 5.74) is 1.88. The molecule has 1 unspecified atom stereocenters. The van der Waals surface area contributed by atoms with E-state index in [1.807, 2.05) is 13.8 Å².